The first-order valence-corrected chi connectivity index (χ1v) is 6.27. The number of nitrogens with one attached hydrogen (secondary N) is 1. The van der Waals surface area contributed by atoms with E-state index < -0.39 is 0 Å². The van der Waals surface area contributed by atoms with E-state index in [0.29, 0.717) is 5.88 Å². The molecule has 0 saturated heterocycles. The van der Waals surface area contributed by atoms with Gasteiger partial charge in [0.05, 0.1) is 12.1 Å². The van der Waals surface area contributed by atoms with E-state index in [9.17, 15) is 0 Å². The van der Waals surface area contributed by atoms with Gasteiger partial charge in [-0.3, -0.25) is 0 Å². The highest BCUT2D eigenvalue weighted by atomic mass is 32.1. The fourth-order valence-electron chi connectivity index (χ4n) is 1.73. The molecule has 1 unspecified atom stereocenters. The number of ether oxygens (including phenoxy) is 1. The van der Waals surface area contributed by atoms with E-state index in [1.165, 1.54) is 0 Å². The van der Waals surface area contributed by atoms with Gasteiger partial charge in [-0.1, -0.05) is 6.07 Å². The number of nitrogens with zero attached hydrogens (tertiary/aromatic N) is 2. The molecule has 17 heavy (non-hydrogen) atoms. The monoisotopic (exact) mass is 249 g/mol. The maximum absolute atomic E-state index is 5.28. The van der Waals surface area contributed by atoms with Crippen LogP contribution in [0.5, 0.6) is 5.88 Å². The Hall–Kier alpha value is -1.46. The minimum atomic E-state index is 0.171. The Kier molecular flexibility index (Phi) is 4.06. The van der Waals surface area contributed by atoms with E-state index in [1.807, 2.05) is 30.8 Å². The molecule has 0 spiro atoms. The smallest absolute Gasteiger partial charge is 0.217 e. The molecule has 0 amide bonds. The van der Waals surface area contributed by atoms with Crippen LogP contribution < -0.4 is 10.1 Å². The summed E-state index contributed by atoms with van der Waals surface area (Å²) in [6.45, 7) is 0. The van der Waals surface area contributed by atoms with Crippen LogP contribution in [0.1, 0.15) is 16.6 Å². The molecular weight excluding hydrogens is 234 g/mol. The second kappa shape index (κ2) is 5.75. The normalized spacial score (nSPS) is 12.4. The van der Waals surface area contributed by atoms with Crippen molar-refractivity contribution >= 4 is 11.3 Å². The van der Waals surface area contributed by atoms with Crippen LogP contribution in [0.25, 0.3) is 0 Å². The fourth-order valence-corrected chi connectivity index (χ4v) is 2.40. The Morgan fingerprint density at radius 2 is 2.29 bits per heavy atom. The molecule has 90 valence electrons. The first-order chi connectivity index (χ1) is 8.35. The lowest BCUT2D eigenvalue weighted by molar-refractivity contribution is 0.384. The molecule has 0 radical (unpaired) electrons. The minimum absolute atomic E-state index is 0.171. The van der Waals surface area contributed by atoms with Crippen molar-refractivity contribution in [3.8, 4) is 5.88 Å². The molecule has 0 aromatic carbocycles. The number of rotatable bonds is 5. The lowest BCUT2D eigenvalue weighted by atomic mass is 10.1. The molecular formula is C12H15N3OS. The summed E-state index contributed by atoms with van der Waals surface area (Å²) < 4.78 is 5.28. The van der Waals surface area contributed by atoms with E-state index >= 15 is 0 Å². The van der Waals surface area contributed by atoms with Crippen molar-refractivity contribution < 1.29 is 4.74 Å². The number of pyridine rings is 1. The number of likely N-dealkylation sites (N-methyl/N-ethyl adjacent to an activating group) is 1. The molecule has 0 saturated carbocycles. The van der Waals surface area contributed by atoms with Crippen LogP contribution in [0.3, 0.4) is 0 Å². The van der Waals surface area contributed by atoms with Crippen molar-refractivity contribution in [3.63, 3.8) is 0 Å². The Balaban J connectivity index is 2.22. The highest BCUT2D eigenvalue weighted by molar-refractivity contribution is 7.09. The molecule has 1 N–H and O–H groups in total. The van der Waals surface area contributed by atoms with Gasteiger partial charge in [0.15, 0.2) is 0 Å². The lowest BCUT2D eigenvalue weighted by Gasteiger charge is -2.17. The average molecular weight is 249 g/mol. The van der Waals surface area contributed by atoms with Crippen molar-refractivity contribution in [2.24, 2.45) is 0 Å². The van der Waals surface area contributed by atoms with Gasteiger partial charge in [0.25, 0.3) is 0 Å². The highest BCUT2D eigenvalue weighted by Gasteiger charge is 2.16. The summed E-state index contributed by atoms with van der Waals surface area (Å²) in [5.41, 5.74) is 1.06. The lowest BCUT2D eigenvalue weighted by Crippen LogP contribution is -2.19. The predicted molar refractivity (Wildman–Crippen MR) is 68.4 cm³/mol. The summed E-state index contributed by atoms with van der Waals surface area (Å²) >= 11 is 1.66. The zero-order valence-corrected chi connectivity index (χ0v) is 10.7. The van der Waals surface area contributed by atoms with Gasteiger partial charge < -0.3 is 10.1 Å². The Labute approximate surface area is 105 Å². The van der Waals surface area contributed by atoms with Gasteiger partial charge in [-0.15, -0.1) is 11.3 Å². The third-order valence-electron chi connectivity index (χ3n) is 2.58. The molecule has 0 aliphatic heterocycles. The summed E-state index contributed by atoms with van der Waals surface area (Å²) in [5, 5.41) is 6.37. The van der Waals surface area contributed by atoms with E-state index in [0.717, 1.165) is 17.0 Å². The quantitative estimate of drug-likeness (QED) is 0.881. The number of methoxy groups -OCH3 is 1. The van der Waals surface area contributed by atoms with Gasteiger partial charge in [0.1, 0.15) is 0 Å². The topological polar surface area (TPSA) is 47.0 Å². The van der Waals surface area contributed by atoms with E-state index in [1.54, 1.807) is 24.6 Å². The van der Waals surface area contributed by atoms with Gasteiger partial charge >= 0.3 is 0 Å². The number of hydrogen-bond acceptors (Lipinski definition) is 5. The third-order valence-corrected chi connectivity index (χ3v) is 3.38. The first kappa shape index (κ1) is 12.0. The Bertz CT molecular complexity index is 459. The van der Waals surface area contributed by atoms with Crippen LogP contribution >= 0.6 is 11.3 Å². The highest BCUT2D eigenvalue weighted by Crippen LogP contribution is 2.25. The number of aromatic nitrogens is 2. The van der Waals surface area contributed by atoms with Crippen molar-refractivity contribution in [1.82, 2.24) is 15.3 Å². The molecule has 2 heterocycles. The molecule has 0 aliphatic carbocycles. The maximum atomic E-state index is 5.28. The van der Waals surface area contributed by atoms with Crippen LogP contribution in [0.4, 0.5) is 0 Å². The third kappa shape index (κ3) is 2.81. The van der Waals surface area contributed by atoms with Gasteiger partial charge in [-0.2, -0.15) is 0 Å². The van der Waals surface area contributed by atoms with Crippen molar-refractivity contribution in [3.05, 3.63) is 40.5 Å². The van der Waals surface area contributed by atoms with Crippen LogP contribution in [0, 0.1) is 0 Å². The minimum Gasteiger partial charge on any atom is -0.481 e. The second-order valence-electron chi connectivity index (χ2n) is 3.57. The standard InChI is InChI=1S/C12H15N3OS/c1-13-10(8-11-14-6-7-17-11)9-4-3-5-15-12(9)16-2/h3-7,10,13H,8H2,1-2H3. The van der Waals surface area contributed by atoms with E-state index in [2.05, 4.69) is 15.3 Å². The average Bonchev–Trinajstić information content (AvgIpc) is 2.89. The van der Waals surface area contributed by atoms with Crippen LogP contribution in [0.2, 0.25) is 0 Å². The SMILES string of the molecule is CNC(Cc1nccs1)c1cccnc1OC. The summed E-state index contributed by atoms with van der Waals surface area (Å²) in [6, 6.07) is 4.12. The van der Waals surface area contributed by atoms with Gasteiger partial charge in [0.2, 0.25) is 5.88 Å². The molecule has 0 bridgehead atoms. The molecule has 2 aromatic heterocycles. The van der Waals surface area contributed by atoms with Crippen molar-refractivity contribution in [1.29, 1.82) is 0 Å². The molecule has 0 fully saturated rings. The van der Waals surface area contributed by atoms with Crippen molar-refractivity contribution in [2.45, 2.75) is 12.5 Å². The van der Waals surface area contributed by atoms with Crippen LogP contribution in [-0.4, -0.2) is 24.1 Å². The summed E-state index contributed by atoms with van der Waals surface area (Å²) in [4.78, 5) is 8.52. The van der Waals surface area contributed by atoms with Gasteiger partial charge in [0, 0.05) is 35.8 Å². The molecule has 2 rings (SSSR count). The van der Waals surface area contributed by atoms with Gasteiger partial charge in [-0.25, -0.2) is 9.97 Å². The molecule has 1 atom stereocenters. The van der Waals surface area contributed by atoms with Crippen LogP contribution in [0.15, 0.2) is 29.9 Å². The predicted octanol–water partition coefficient (Wildman–Crippen LogP) is 2.05. The van der Waals surface area contributed by atoms with Crippen molar-refractivity contribution in [2.75, 3.05) is 14.2 Å². The summed E-state index contributed by atoms with van der Waals surface area (Å²) in [5.74, 6) is 0.670. The zero-order valence-electron chi connectivity index (χ0n) is 9.88. The number of thiazole rings is 1. The zero-order chi connectivity index (χ0) is 12.1. The molecule has 4 nitrogen and oxygen atoms in total. The Morgan fingerprint density at radius 3 is 2.94 bits per heavy atom. The molecule has 0 aliphatic rings. The largest absolute Gasteiger partial charge is 0.481 e. The maximum Gasteiger partial charge on any atom is 0.217 e. The van der Waals surface area contributed by atoms with Crippen LogP contribution in [-0.2, 0) is 6.42 Å². The van der Waals surface area contributed by atoms with E-state index in [-0.39, 0.29) is 6.04 Å². The Morgan fingerprint density at radius 1 is 1.41 bits per heavy atom. The van der Waals surface area contributed by atoms with E-state index in [4.69, 9.17) is 4.74 Å². The first-order valence-electron chi connectivity index (χ1n) is 5.39. The summed E-state index contributed by atoms with van der Waals surface area (Å²) in [7, 11) is 3.58. The molecule has 5 heteroatoms. The summed E-state index contributed by atoms with van der Waals surface area (Å²) in [6.07, 6.45) is 4.40. The van der Waals surface area contributed by atoms with Gasteiger partial charge in [-0.05, 0) is 13.1 Å². The molecule has 2 aromatic rings. The second-order valence-corrected chi connectivity index (χ2v) is 4.55. The number of hydrogen-bond donors (Lipinski definition) is 1. The fraction of sp³-hybridized carbons (Fsp3) is 0.333.